The third-order valence-electron chi connectivity index (χ3n) is 6.43. The van der Waals surface area contributed by atoms with Gasteiger partial charge in [0.2, 0.25) is 5.78 Å². The standard InChI is InChI=1S/C28H29N3O3/c1-16(2)19-7-11-21(12-8-19)25-24(26(32)22-13-9-20(10-14-22)17(3)4)27(33)28(34)31(25)23-15-6-18(5)29-30-23/h6-17,24-25H,1-5H3. The van der Waals surface area contributed by atoms with Gasteiger partial charge in [0.15, 0.2) is 11.6 Å². The number of aryl methyl sites for hydroxylation is 1. The third kappa shape index (κ3) is 4.28. The predicted molar refractivity (Wildman–Crippen MR) is 131 cm³/mol. The van der Waals surface area contributed by atoms with Gasteiger partial charge in [-0.15, -0.1) is 5.10 Å². The van der Waals surface area contributed by atoms with Crippen LogP contribution in [0.4, 0.5) is 5.82 Å². The first-order valence-corrected chi connectivity index (χ1v) is 11.6. The average molecular weight is 456 g/mol. The quantitative estimate of drug-likeness (QED) is 0.290. The number of aromatic nitrogens is 2. The molecule has 2 atom stereocenters. The van der Waals surface area contributed by atoms with Crippen molar-refractivity contribution in [1.82, 2.24) is 10.2 Å². The number of nitrogens with zero attached hydrogens (tertiary/aromatic N) is 3. The molecule has 2 aromatic carbocycles. The number of hydrogen-bond donors (Lipinski definition) is 0. The van der Waals surface area contributed by atoms with Crippen molar-refractivity contribution in [2.75, 3.05) is 4.90 Å². The van der Waals surface area contributed by atoms with Crippen molar-refractivity contribution < 1.29 is 14.4 Å². The Hall–Kier alpha value is -3.67. The van der Waals surface area contributed by atoms with Gasteiger partial charge in [-0.2, -0.15) is 5.10 Å². The van der Waals surface area contributed by atoms with Crippen LogP contribution in [-0.4, -0.2) is 27.7 Å². The van der Waals surface area contributed by atoms with Crippen LogP contribution in [0.2, 0.25) is 0 Å². The fourth-order valence-electron chi connectivity index (χ4n) is 4.33. The van der Waals surface area contributed by atoms with Crippen molar-refractivity contribution >= 4 is 23.3 Å². The fraction of sp³-hybridized carbons (Fsp3) is 0.321. The topological polar surface area (TPSA) is 80.2 Å². The van der Waals surface area contributed by atoms with Crippen molar-refractivity contribution in [3.8, 4) is 0 Å². The smallest absolute Gasteiger partial charge is 0.293 e. The molecule has 2 heterocycles. The Morgan fingerprint density at radius 3 is 1.85 bits per heavy atom. The van der Waals surface area contributed by atoms with Crippen LogP contribution in [0, 0.1) is 12.8 Å². The number of Topliss-reactive ketones (excluding diaryl/α,β-unsaturated/α-hetero) is 2. The van der Waals surface area contributed by atoms with Gasteiger partial charge < -0.3 is 0 Å². The van der Waals surface area contributed by atoms with Crippen molar-refractivity contribution in [3.63, 3.8) is 0 Å². The second-order valence-corrected chi connectivity index (χ2v) is 9.46. The summed E-state index contributed by atoms with van der Waals surface area (Å²) in [5, 5.41) is 8.22. The van der Waals surface area contributed by atoms with Gasteiger partial charge in [0.05, 0.1) is 11.7 Å². The van der Waals surface area contributed by atoms with Crippen molar-refractivity contribution in [1.29, 1.82) is 0 Å². The Kier molecular flexibility index (Phi) is 6.42. The maximum atomic E-state index is 13.6. The lowest BCUT2D eigenvalue weighted by Gasteiger charge is -2.26. The van der Waals surface area contributed by atoms with Crippen LogP contribution in [-0.2, 0) is 9.59 Å². The maximum absolute atomic E-state index is 13.6. The summed E-state index contributed by atoms with van der Waals surface area (Å²) in [5.41, 5.74) is 4.05. The molecule has 174 valence electrons. The first-order chi connectivity index (χ1) is 16.2. The Morgan fingerprint density at radius 1 is 0.794 bits per heavy atom. The van der Waals surface area contributed by atoms with Gasteiger partial charge in [0.25, 0.3) is 5.91 Å². The van der Waals surface area contributed by atoms with E-state index >= 15 is 0 Å². The lowest BCUT2D eigenvalue weighted by Crippen LogP contribution is -2.31. The molecular formula is C28H29N3O3. The minimum atomic E-state index is -1.16. The molecule has 0 radical (unpaired) electrons. The molecule has 6 heteroatoms. The van der Waals surface area contributed by atoms with E-state index in [-0.39, 0.29) is 11.6 Å². The van der Waals surface area contributed by atoms with E-state index < -0.39 is 23.7 Å². The molecule has 0 spiro atoms. The summed E-state index contributed by atoms with van der Waals surface area (Å²) in [7, 11) is 0. The molecule has 0 bridgehead atoms. The second-order valence-electron chi connectivity index (χ2n) is 9.46. The number of benzene rings is 2. The van der Waals surface area contributed by atoms with Gasteiger partial charge in [-0.05, 0) is 47.6 Å². The van der Waals surface area contributed by atoms with E-state index in [4.69, 9.17) is 0 Å². The van der Waals surface area contributed by atoms with Gasteiger partial charge >= 0.3 is 0 Å². The summed E-state index contributed by atoms with van der Waals surface area (Å²) in [6.45, 7) is 10.1. The summed E-state index contributed by atoms with van der Waals surface area (Å²) in [4.78, 5) is 41.4. The molecule has 6 nitrogen and oxygen atoms in total. The van der Waals surface area contributed by atoms with E-state index in [1.165, 1.54) is 4.90 Å². The predicted octanol–water partition coefficient (Wildman–Crippen LogP) is 5.19. The van der Waals surface area contributed by atoms with Crippen molar-refractivity contribution in [3.05, 3.63) is 88.6 Å². The zero-order valence-corrected chi connectivity index (χ0v) is 20.1. The molecule has 1 aromatic heterocycles. The molecule has 0 N–H and O–H groups in total. The summed E-state index contributed by atoms with van der Waals surface area (Å²) >= 11 is 0. The minimum absolute atomic E-state index is 0.257. The van der Waals surface area contributed by atoms with Crippen LogP contribution >= 0.6 is 0 Å². The number of carbonyl (C=O) groups excluding carboxylic acids is 3. The third-order valence-corrected chi connectivity index (χ3v) is 6.43. The zero-order chi connectivity index (χ0) is 24.6. The maximum Gasteiger partial charge on any atom is 0.297 e. The summed E-state index contributed by atoms with van der Waals surface area (Å²) in [6.07, 6.45) is 0. The number of rotatable bonds is 6. The van der Waals surface area contributed by atoms with Gasteiger partial charge in [-0.3, -0.25) is 19.3 Å². The molecule has 1 aliphatic heterocycles. The molecule has 4 rings (SSSR count). The normalized spacial score (nSPS) is 18.3. The molecule has 0 saturated carbocycles. The Morgan fingerprint density at radius 2 is 1.35 bits per heavy atom. The van der Waals surface area contributed by atoms with Crippen molar-refractivity contribution in [2.45, 2.75) is 52.5 Å². The molecule has 0 aliphatic carbocycles. The van der Waals surface area contributed by atoms with E-state index in [2.05, 4.69) is 37.9 Å². The highest BCUT2D eigenvalue weighted by atomic mass is 16.2. The SMILES string of the molecule is Cc1ccc(N2C(=O)C(=O)C(C(=O)c3ccc(C(C)C)cc3)C2c2ccc(C(C)C)cc2)nn1. The Balaban J connectivity index is 1.81. The van der Waals surface area contributed by atoms with Crippen LogP contribution in [0.5, 0.6) is 0 Å². The first kappa shape index (κ1) is 23.5. The molecule has 3 aromatic rings. The first-order valence-electron chi connectivity index (χ1n) is 11.6. The zero-order valence-electron chi connectivity index (χ0n) is 20.1. The number of anilines is 1. The highest BCUT2D eigenvalue weighted by Crippen LogP contribution is 2.40. The van der Waals surface area contributed by atoms with Crippen LogP contribution in [0.1, 0.15) is 78.3 Å². The number of ketones is 2. The molecular weight excluding hydrogens is 426 g/mol. The van der Waals surface area contributed by atoms with Gasteiger partial charge in [-0.1, -0.05) is 76.2 Å². The molecule has 1 saturated heterocycles. The monoisotopic (exact) mass is 455 g/mol. The van der Waals surface area contributed by atoms with E-state index in [9.17, 15) is 14.4 Å². The van der Waals surface area contributed by atoms with Crippen LogP contribution in [0.15, 0.2) is 60.7 Å². The Bertz CT molecular complexity index is 1210. The number of carbonyl (C=O) groups is 3. The largest absolute Gasteiger partial charge is 0.297 e. The van der Waals surface area contributed by atoms with Crippen molar-refractivity contribution in [2.24, 2.45) is 5.92 Å². The van der Waals surface area contributed by atoms with E-state index in [1.807, 2.05) is 36.4 Å². The van der Waals surface area contributed by atoms with Gasteiger partial charge in [-0.25, -0.2) is 0 Å². The molecule has 1 aliphatic rings. The highest BCUT2D eigenvalue weighted by molar-refractivity contribution is 6.48. The van der Waals surface area contributed by atoms with E-state index in [1.54, 1.807) is 31.2 Å². The summed E-state index contributed by atoms with van der Waals surface area (Å²) in [6, 6.07) is 17.6. The van der Waals surface area contributed by atoms with Crippen LogP contribution in [0.25, 0.3) is 0 Å². The van der Waals surface area contributed by atoms with E-state index in [0.717, 1.165) is 11.1 Å². The summed E-state index contributed by atoms with van der Waals surface area (Å²) in [5.74, 6) is -2.09. The minimum Gasteiger partial charge on any atom is -0.293 e. The van der Waals surface area contributed by atoms with Gasteiger partial charge in [0.1, 0.15) is 5.92 Å². The Labute approximate surface area is 200 Å². The molecule has 34 heavy (non-hydrogen) atoms. The molecule has 1 amide bonds. The van der Waals surface area contributed by atoms with E-state index in [0.29, 0.717) is 28.7 Å². The lowest BCUT2D eigenvalue weighted by atomic mass is 9.85. The second kappa shape index (κ2) is 9.29. The summed E-state index contributed by atoms with van der Waals surface area (Å²) < 4.78 is 0. The highest BCUT2D eigenvalue weighted by Gasteiger charge is 2.52. The average Bonchev–Trinajstić information content (AvgIpc) is 3.09. The molecule has 1 fully saturated rings. The molecule has 2 unspecified atom stereocenters. The lowest BCUT2D eigenvalue weighted by molar-refractivity contribution is -0.135. The number of hydrogen-bond acceptors (Lipinski definition) is 5. The van der Waals surface area contributed by atoms with Crippen LogP contribution in [0.3, 0.4) is 0 Å². The van der Waals surface area contributed by atoms with Crippen LogP contribution < -0.4 is 4.90 Å². The number of amides is 1. The fourth-order valence-corrected chi connectivity index (χ4v) is 4.33. The van der Waals surface area contributed by atoms with Gasteiger partial charge in [0, 0.05) is 5.56 Å².